The van der Waals surface area contributed by atoms with Crippen LogP contribution in [0, 0.1) is 5.92 Å². The molecular formula is C14H26N2O4. The van der Waals surface area contributed by atoms with Crippen LogP contribution in [-0.4, -0.2) is 60.3 Å². The van der Waals surface area contributed by atoms with Crippen molar-refractivity contribution in [2.24, 2.45) is 5.92 Å². The number of aliphatic carboxylic acids is 1. The van der Waals surface area contributed by atoms with Crippen molar-refractivity contribution in [3.63, 3.8) is 0 Å². The highest BCUT2D eigenvalue weighted by Gasteiger charge is 2.37. The van der Waals surface area contributed by atoms with Crippen molar-refractivity contribution in [1.82, 2.24) is 10.2 Å². The van der Waals surface area contributed by atoms with Gasteiger partial charge in [0.2, 0.25) is 5.91 Å². The summed E-state index contributed by atoms with van der Waals surface area (Å²) in [6.07, 6.45) is 1.72. The number of nitrogens with zero attached hydrogens (tertiary/aromatic N) is 1. The Balaban J connectivity index is 2.74. The maximum absolute atomic E-state index is 12.6. The zero-order valence-electron chi connectivity index (χ0n) is 12.6. The summed E-state index contributed by atoms with van der Waals surface area (Å²) in [5, 5.41) is 12.3. The van der Waals surface area contributed by atoms with Crippen LogP contribution in [0.25, 0.3) is 0 Å². The molecule has 0 bridgehead atoms. The lowest BCUT2D eigenvalue weighted by Crippen LogP contribution is -2.50. The molecule has 1 fully saturated rings. The van der Waals surface area contributed by atoms with Crippen LogP contribution < -0.4 is 5.32 Å². The Kier molecular flexibility index (Phi) is 6.95. The minimum absolute atomic E-state index is 0.0113. The summed E-state index contributed by atoms with van der Waals surface area (Å²) in [7, 11) is 0. The van der Waals surface area contributed by atoms with E-state index in [1.807, 2.05) is 13.8 Å². The molecule has 0 aromatic rings. The normalized spacial score (nSPS) is 23.6. The number of hydrogen-bond acceptors (Lipinski definition) is 4. The number of carbonyl (C=O) groups excluding carboxylic acids is 1. The zero-order chi connectivity index (χ0) is 15.1. The van der Waals surface area contributed by atoms with Crippen molar-refractivity contribution < 1.29 is 19.4 Å². The summed E-state index contributed by atoms with van der Waals surface area (Å²) in [5.41, 5.74) is 0. The van der Waals surface area contributed by atoms with Crippen LogP contribution in [0.2, 0.25) is 0 Å². The number of carboxylic acids is 1. The number of hydrogen-bond donors (Lipinski definition) is 2. The molecule has 3 unspecified atom stereocenters. The third-order valence-corrected chi connectivity index (χ3v) is 3.77. The second-order valence-corrected chi connectivity index (χ2v) is 5.32. The van der Waals surface area contributed by atoms with Gasteiger partial charge in [-0.15, -0.1) is 0 Å². The predicted molar refractivity (Wildman–Crippen MR) is 75.5 cm³/mol. The molecule has 116 valence electrons. The number of carbonyl (C=O) groups is 2. The Hall–Kier alpha value is -1.14. The van der Waals surface area contributed by atoms with Gasteiger partial charge in [-0.1, -0.05) is 13.8 Å². The van der Waals surface area contributed by atoms with Crippen LogP contribution in [0.4, 0.5) is 0 Å². The Morgan fingerprint density at radius 1 is 1.40 bits per heavy atom. The first-order valence-electron chi connectivity index (χ1n) is 7.34. The molecule has 0 aliphatic carbocycles. The molecule has 0 saturated carbocycles. The fraction of sp³-hybridized carbons (Fsp3) is 0.857. The third-order valence-electron chi connectivity index (χ3n) is 3.77. The van der Waals surface area contributed by atoms with E-state index in [1.165, 1.54) is 4.90 Å². The highest BCUT2D eigenvalue weighted by Crippen LogP contribution is 2.19. The molecule has 1 heterocycles. The summed E-state index contributed by atoms with van der Waals surface area (Å²) in [6, 6.07) is -0.0890. The van der Waals surface area contributed by atoms with Crippen molar-refractivity contribution in [3.8, 4) is 0 Å². The van der Waals surface area contributed by atoms with Gasteiger partial charge >= 0.3 is 5.97 Å². The van der Waals surface area contributed by atoms with E-state index in [0.717, 1.165) is 19.4 Å². The van der Waals surface area contributed by atoms with E-state index >= 15 is 0 Å². The molecule has 1 saturated heterocycles. The van der Waals surface area contributed by atoms with Crippen LogP contribution in [0.5, 0.6) is 0 Å². The first-order valence-corrected chi connectivity index (χ1v) is 7.34. The van der Waals surface area contributed by atoms with Gasteiger partial charge in [-0.25, -0.2) is 0 Å². The molecule has 0 aromatic heterocycles. The lowest BCUT2D eigenvalue weighted by molar-refractivity contribution is -0.148. The van der Waals surface area contributed by atoms with Gasteiger partial charge in [-0.2, -0.15) is 0 Å². The molecule has 0 radical (unpaired) electrons. The van der Waals surface area contributed by atoms with E-state index in [9.17, 15) is 9.59 Å². The van der Waals surface area contributed by atoms with Crippen LogP contribution in [0.15, 0.2) is 0 Å². The van der Waals surface area contributed by atoms with Gasteiger partial charge in [0, 0.05) is 12.1 Å². The number of amides is 1. The Morgan fingerprint density at radius 3 is 2.65 bits per heavy atom. The van der Waals surface area contributed by atoms with Gasteiger partial charge in [0.05, 0.1) is 19.1 Å². The summed E-state index contributed by atoms with van der Waals surface area (Å²) < 4.78 is 5.40. The van der Waals surface area contributed by atoms with Crippen molar-refractivity contribution in [2.45, 2.75) is 45.7 Å². The van der Waals surface area contributed by atoms with Gasteiger partial charge in [-0.3, -0.25) is 9.59 Å². The minimum Gasteiger partial charge on any atom is -0.480 e. The van der Waals surface area contributed by atoms with Gasteiger partial charge < -0.3 is 20.1 Å². The largest absolute Gasteiger partial charge is 0.480 e. The maximum Gasteiger partial charge on any atom is 0.323 e. The maximum atomic E-state index is 12.6. The zero-order valence-corrected chi connectivity index (χ0v) is 12.6. The molecule has 20 heavy (non-hydrogen) atoms. The molecule has 3 atom stereocenters. The number of rotatable bonds is 8. The second-order valence-electron chi connectivity index (χ2n) is 5.32. The molecule has 0 spiro atoms. The SMILES string of the molecule is CCCNC1COCC1C(=O)N(CC(=O)O)C(C)CC. The summed E-state index contributed by atoms with van der Waals surface area (Å²) in [4.78, 5) is 25.0. The van der Waals surface area contributed by atoms with Gasteiger partial charge in [0.25, 0.3) is 0 Å². The van der Waals surface area contributed by atoms with E-state index in [4.69, 9.17) is 9.84 Å². The molecule has 1 aliphatic heterocycles. The number of carboxylic acid groups (broad SMARTS) is 1. The molecular weight excluding hydrogens is 260 g/mol. The average molecular weight is 286 g/mol. The van der Waals surface area contributed by atoms with Crippen LogP contribution in [0.3, 0.4) is 0 Å². The van der Waals surface area contributed by atoms with Crippen molar-refractivity contribution >= 4 is 11.9 Å². The van der Waals surface area contributed by atoms with Crippen molar-refractivity contribution in [2.75, 3.05) is 26.3 Å². The van der Waals surface area contributed by atoms with E-state index in [-0.39, 0.29) is 30.5 Å². The first-order chi connectivity index (χ1) is 9.51. The molecule has 6 nitrogen and oxygen atoms in total. The highest BCUT2D eigenvalue weighted by molar-refractivity contribution is 5.84. The van der Waals surface area contributed by atoms with E-state index < -0.39 is 5.97 Å². The van der Waals surface area contributed by atoms with E-state index in [0.29, 0.717) is 13.2 Å². The fourth-order valence-corrected chi connectivity index (χ4v) is 2.36. The topological polar surface area (TPSA) is 78.9 Å². The smallest absolute Gasteiger partial charge is 0.323 e. The summed E-state index contributed by atoms with van der Waals surface area (Å²) >= 11 is 0. The average Bonchev–Trinajstić information content (AvgIpc) is 2.89. The van der Waals surface area contributed by atoms with Gasteiger partial charge in [0.1, 0.15) is 6.54 Å². The summed E-state index contributed by atoms with van der Waals surface area (Å²) in [6.45, 7) is 7.36. The second kappa shape index (κ2) is 8.21. The lowest BCUT2D eigenvalue weighted by Gasteiger charge is -2.31. The van der Waals surface area contributed by atoms with Crippen LogP contribution >= 0.6 is 0 Å². The van der Waals surface area contributed by atoms with Crippen molar-refractivity contribution in [3.05, 3.63) is 0 Å². The Morgan fingerprint density at radius 2 is 2.10 bits per heavy atom. The van der Waals surface area contributed by atoms with Gasteiger partial charge in [-0.05, 0) is 26.3 Å². The summed E-state index contributed by atoms with van der Waals surface area (Å²) in [5.74, 6) is -1.38. The van der Waals surface area contributed by atoms with Crippen LogP contribution in [-0.2, 0) is 14.3 Å². The highest BCUT2D eigenvalue weighted by atomic mass is 16.5. The third kappa shape index (κ3) is 4.45. The van der Waals surface area contributed by atoms with E-state index in [1.54, 1.807) is 0 Å². The molecule has 2 N–H and O–H groups in total. The molecule has 6 heteroatoms. The molecule has 0 aromatic carbocycles. The van der Waals surface area contributed by atoms with E-state index in [2.05, 4.69) is 12.2 Å². The Labute approximate surface area is 120 Å². The van der Waals surface area contributed by atoms with Crippen molar-refractivity contribution in [1.29, 1.82) is 0 Å². The minimum atomic E-state index is -0.976. The molecule has 1 amide bonds. The van der Waals surface area contributed by atoms with Gasteiger partial charge in [0.15, 0.2) is 0 Å². The number of ether oxygens (including phenoxy) is 1. The first kappa shape index (κ1) is 16.9. The fourth-order valence-electron chi connectivity index (χ4n) is 2.36. The molecule has 1 rings (SSSR count). The Bertz CT molecular complexity index is 335. The standard InChI is InChI=1S/C14H26N2O4/c1-4-6-15-12-9-20-8-11(12)14(19)16(7-13(17)18)10(3)5-2/h10-12,15H,4-9H2,1-3H3,(H,17,18). The molecule has 1 aliphatic rings. The quantitative estimate of drug-likeness (QED) is 0.687. The van der Waals surface area contributed by atoms with Crippen LogP contribution in [0.1, 0.15) is 33.6 Å². The lowest BCUT2D eigenvalue weighted by atomic mass is 10.0. The predicted octanol–water partition coefficient (Wildman–Crippen LogP) is 0.713. The monoisotopic (exact) mass is 286 g/mol. The number of nitrogens with one attached hydrogen (secondary N) is 1.